The van der Waals surface area contributed by atoms with Crippen LogP contribution >= 0.6 is 22.9 Å². The fourth-order valence-electron chi connectivity index (χ4n) is 0.727. The van der Waals surface area contributed by atoms with Crippen molar-refractivity contribution in [3.63, 3.8) is 0 Å². The third-order valence-electron chi connectivity index (χ3n) is 1.19. The number of halogens is 1. The summed E-state index contributed by atoms with van der Waals surface area (Å²) < 4.78 is 0. The van der Waals surface area contributed by atoms with Crippen LogP contribution in [0.25, 0.3) is 0 Å². The summed E-state index contributed by atoms with van der Waals surface area (Å²) in [6, 6.07) is 0. The molecule has 1 amide bonds. The van der Waals surface area contributed by atoms with Crippen molar-refractivity contribution in [2.75, 3.05) is 11.2 Å². The van der Waals surface area contributed by atoms with Gasteiger partial charge in [-0.15, -0.1) is 22.9 Å². The molecule has 0 unspecified atom stereocenters. The highest BCUT2D eigenvalue weighted by Crippen LogP contribution is 2.15. The molecule has 0 aliphatic carbocycles. The maximum absolute atomic E-state index is 10.6. The topological polar surface area (TPSA) is 42.0 Å². The largest absolute Gasteiger partial charge is 0.302 e. The highest BCUT2D eigenvalue weighted by Gasteiger charge is 2.01. The average Bonchev–Trinajstić information content (AvgIpc) is 2.36. The average molecular weight is 205 g/mol. The van der Waals surface area contributed by atoms with E-state index < -0.39 is 0 Å². The molecule has 1 aromatic heterocycles. The quantitative estimate of drug-likeness (QED) is 0.764. The first-order valence-corrected chi connectivity index (χ1v) is 4.91. The Morgan fingerprint density at radius 1 is 1.83 bits per heavy atom. The van der Waals surface area contributed by atoms with E-state index in [-0.39, 0.29) is 5.91 Å². The van der Waals surface area contributed by atoms with Crippen LogP contribution in [0, 0.1) is 0 Å². The van der Waals surface area contributed by atoms with Crippen molar-refractivity contribution in [1.29, 1.82) is 0 Å². The molecule has 0 aliphatic heterocycles. The Balaban J connectivity index is 2.58. The van der Waals surface area contributed by atoms with Gasteiger partial charge in [0, 0.05) is 24.6 Å². The number of carbonyl (C=O) groups excluding carboxylic acids is 1. The minimum absolute atomic E-state index is 0.0956. The Hall–Kier alpha value is -0.610. The number of amides is 1. The van der Waals surface area contributed by atoms with Crippen molar-refractivity contribution >= 4 is 34.0 Å². The van der Waals surface area contributed by atoms with Crippen molar-refractivity contribution in [2.24, 2.45) is 0 Å². The number of aromatic nitrogens is 1. The summed E-state index contributed by atoms with van der Waals surface area (Å²) in [6.45, 7) is 1.46. The van der Waals surface area contributed by atoms with Gasteiger partial charge >= 0.3 is 0 Å². The summed E-state index contributed by atoms with van der Waals surface area (Å²) in [7, 11) is 0. The Morgan fingerprint density at radius 2 is 2.58 bits per heavy atom. The Morgan fingerprint density at radius 3 is 3.17 bits per heavy atom. The molecular weight excluding hydrogens is 196 g/mol. The Kier molecular flexibility index (Phi) is 3.49. The van der Waals surface area contributed by atoms with Gasteiger partial charge in [0.25, 0.3) is 0 Å². The predicted octanol–water partition coefficient (Wildman–Crippen LogP) is 1.88. The van der Waals surface area contributed by atoms with Gasteiger partial charge in [0.15, 0.2) is 5.13 Å². The van der Waals surface area contributed by atoms with Crippen LogP contribution in [0.5, 0.6) is 0 Å². The highest BCUT2D eigenvalue weighted by atomic mass is 35.5. The van der Waals surface area contributed by atoms with Crippen LogP contribution in [-0.2, 0) is 11.2 Å². The molecule has 0 bridgehead atoms. The maximum Gasteiger partial charge on any atom is 0.223 e. The molecule has 1 N–H and O–H groups in total. The van der Waals surface area contributed by atoms with E-state index in [1.54, 1.807) is 0 Å². The van der Waals surface area contributed by atoms with Gasteiger partial charge < -0.3 is 5.32 Å². The summed E-state index contributed by atoms with van der Waals surface area (Å²) in [5.74, 6) is 0.463. The minimum atomic E-state index is -0.0956. The molecule has 12 heavy (non-hydrogen) atoms. The van der Waals surface area contributed by atoms with Crippen molar-refractivity contribution in [3.05, 3.63) is 11.1 Å². The zero-order valence-electron chi connectivity index (χ0n) is 6.63. The number of hydrogen-bond donors (Lipinski definition) is 1. The van der Waals surface area contributed by atoms with E-state index in [2.05, 4.69) is 10.3 Å². The van der Waals surface area contributed by atoms with Crippen molar-refractivity contribution in [1.82, 2.24) is 4.98 Å². The van der Waals surface area contributed by atoms with E-state index in [0.29, 0.717) is 11.0 Å². The van der Waals surface area contributed by atoms with Crippen molar-refractivity contribution in [2.45, 2.75) is 13.3 Å². The molecule has 1 rings (SSSR count). The van der Waals surface area contributed by atoms with Crippen molar-refractivity contribution < 1.29 is 4.79 Å². The van der Waals surface area contributed by atoms with Gasteiger partial charge in [-0.05, 0) is 0 Å². The van der Waals surface area contributed by atoms with Crippen molar-refractivity contribution in [3.8, 4) is 0 Å². The summed E-state index contributed by atoms with van der Waals surface area (Å²) in [6.07, 6.45) is 0.748. The maximum atomic E-state index is 10.6. The SMILES string of the molecule is CC(=O)Nc1nc(CCCl)cs1. The minimum Gasteiger partial charge on any atom is -0.302 e. The van der Waals surface area contributed by atoms with Crippen LogP contribution in [0.15, 0.2) is 5.38 Å². The fraction of sp³-hybridized carbons (Fsp3) is 0.429. The van der Waals surface area contributed by atoms with E-state index in [1.165, 1.54) is 18.3 Å². The zero-order valence-corrected chi connectivity index (χ0v) is 8.21. The summed E-state index contributed by atoms with van der Waals surface area (Å²) in [5, 5.41) is 5.15. The van der Waals surface area contributed by atoms with Gasteiger partial charge in [-0.1, -0.05) is 0 Å². The number of anilines is 1. The van der Waals surface area contributed by atoms with Gasteiger partial charge in [-0.3, -0.25) is 4.79 Å². The number of rotatable bonds is 3. The first kappa shape index (κ1) is 9.48. The summed E-state index contributed by atoms with van der Waals surface area (Å²) >= 11 is 6.94. The van der Waals surface area contributed by atoms with E-state index in [9.17, 15) is 4.79 Å². The smallest absolute Gasteiger partial charge is 0.223 e. The number of alkyl halides is 1. The number of aryl methyl sites for hydroxylation is 1. The lowest BCUT2D eigenvalue weighted by Gasteiger charge is -1.92. The van der Waals surface area contributed by atoms with Gasteiger partial charge in [0.2, 0.25) is 5.91 Å². The van der Waals surface area contributed by atoms with Crippen LogP contribution in [0.4, 0.5) is 5.13 Å². The third-order valence-corrected chi connectivity index (χ3v) is 2.18. The molecule has 1 heterocycles. The highest BCUT2D eigenvalue weighted by molar-refractivity contribution is 7.13. The molecule has 5 heteroatoms. The number of nitrogens with one attached hydrogen (secondary N) is 1. The van der Waals surface area contributed by atoms with E-state index in [4.69, 9.17) is 11.6 Å². The second kappa shape index (κ2) is 4.42. The lowest BCUT2D eigenvalue weighted by Crippen LogP contribution is -2.05. The Labute approximate surface area is 79.8 Å². The van der Waals surface area contributed by atoms with Crippen LogP contribution in [0.2, 0.25) is 0 Å². The van der Waals surface area contributed by atoms with Crippen LogP contribution in [0.1, 0.15) is 12.6 Å². The van der Waals surface area contributed by atoms with Crippen LogP contribution in [0.3, 0.4) is 0 Å². The zero-order chi connectivity index (χ0) is 8.97. The molecule has 1 aromatic rings. The lowest BCUT2D eigenvalue weighted by molar-refractivity contribution is -0.114. The first-order chi connectivity index (χ1) is 5.72. The van der Waals surface area contributed by atoms with Crippen LogP contribution in [-0.4, -0.2) is 16.8 Å². The molecule has 0 spiro atoms. The predicted molar refractivity (Wildman–Crippen MR) is 50.8 cm³/mol. The molecule has 0 radical (unpaired) electrons. The van der Waals surface area contributed by atoms with E-state index >= 15 is 0 Å². The van der Waals surface area contributed by atoms with Gasteiger partial charge in [0.1, 0.15) is 0 Å². The standard InChI is InChI=1S/C7H9ClN2OS/c1-5(11)9-7-10-6(2-3-8)4-12-7/h4H,2-3H2,1H3,(H,9,10,11). The van der Waals surface area contributed by atoms with E-state index in [0.717, 1.165) is 12.1 Å². The number of thiazole rings is 1. The van der Waals surface area contributed by atoms with Gasteiger partial charge in [-0.2, -0.15) is 0 Å². The van der Waals surface area contributed by atoms with Gasteiger partial charge in [-0.25, -0.2) is 4.98 Å². The molecule has 0 saturated heterocycles. The summed E-state index contributed by atoms with van der Waals surface area (Å²) in [4.78, 5) is 14.8. The molecular formula is C7H9ClN2OS. The second-order valence-electron chi connectivity index (χ2n) is 2.26. The molecule has 3 nitrogen and oxygen atoms in total. The third kappa shape index (κ3) is 2.79. The molecule has 0 fully saturated rings. The summed E-state index contributed by atoms with van der Waals surface area (Å²) in [5.41, 5.74) is 0.929. The molecule has 0 saturated carbocycles. The molecule has 66 valence electrons. The lowest BCUT2D eigenvalue weighted by atomic mass is 10.4. The normalized spacial score (nSPS) is 9.83. The fourth-order valence-corrected chi connectivity index (χ4v) is 1.71. The molecule has 0 atom stereocenters. The monoisotopic (exact) mass is 204 g/mol. The van der Waals surface area contributed by atoms with E-state index in [1.807, 2.05) is 5.38 Å². The second-order valence-corrected chi connectivity index (χ2v) is 3.50. The number of hydrogen-bond acceptors (Lipinski definition) is 3. The Bertz CT molecular complexity index is 274. The molecule has 0 aliphatic rings. The number of carbonyl (C=O) groups is 1. The first-order valence-electron chi connectivity index (χ1n) is 3.50. The number of nitrogens with zero attached hydrogens (tertiary/aromatic N) is 1. The molecule has 0 aromatic carbocycles. The van der Waals surface area contributed by atoms with Crippen LogP contribution < -0.4 is 5.32 Å². The van der Waals surface area contributed by atoms with Gasteiger partial charge in [0.05, 0.1) is 5.69 Å².